The molecule has 0 saturated heterocycles. The predicted molar refractivity (Wildman–Crippen MR) is 92.9 cm³/mol. The second-order valence-corrected chi connectivity index (χ2v) is 6.66. The van der Waals surface area contributed by atoms with Crippen LogP contribution < -0.4 is 10.6 Å². The SMILES string of the molecule is CSCCNC(=S)Nc1sc(-c2cncc(F)c2)nc1Cl. The van der Waals surface area contributed by atoms with E-state index in [9.17, 15) is 4.39 Å². The first-order valence-electron chi connectivity index (χ1n) is 5.91. The van der Waals surface area contributed by atoms with E-state index in [4.69, 9.17) is 23.8 Å². The summed E-state index contributed by atoms with van der Waals surface area (Å²) < 4.78 is 13.2. The molecule has 0 amide bonds. The van der Waals surface area contributed by atoms with Crippen molar-refractivity contribution < 1.29 is 4.39 Å². The molecule has 2 aromatic heterocycles. The van der Waals surface area contributed by atoms with Crippen molar-refractivity contribution in [2.24, 2.45) is 0 Å². The summed E-state index contributed by atoms with van der Waals surface area (Å²) in [4.78, 5) is 7.99. The summed E-state index contributed by atoms with van der Waals surface area (Å²) in [6.07, 6.45) is 4.71. The number of hydrogen-bond donors (Lipinski definition) is 2. The van der Waals surface area contributed by atoms with Gasteiger partial charge in [-0.15, -0.1) is 0 Å². The third kappa shape index (κ3) is 4.77. The Hall–Kier alpha value is -0.960. The highest BCUT2D eigenvalue weighted by Crippen LogP contribution is 2.34. The number of halogens is 2. The summed E-state index contributed by atoms with van der Waals surface area (Å²) in [5, 5.41) is 8.05. The number of pyridine rings is 1. The lowest BCUT2D eigenvalue weighted by Gasteiger charge is -2.07. The monoisotopic (exact) mass is 362 g/mol. The normalized spacial score (nSPS) is 10.4. The Kier molecular flexibility index (Phi) is 6.16. The van der Waals surface area contributed by atoms with Gasteiger partial charge >= 0.3 is 0 Å². The lowest BCUT2D eigenvalue weighted by atomic mass is 10.3. The number of anilines is 1. The van der Waals surface area contributed by atoms with E-state index in [1.807, 2.05) is 6.26 Å². The van der Waals surface area contributed by atoms with Crippen LogP contribution in [0.15, 0.2) is 18.5 Å². The van der Waals surface area contributed by atoms with Crippen molar-refractivity contribution in [3.8, 4) is 10.6 Å². The average molecular weight is 363 g/mol. The van der Waals surface area contributed by atoms with Crippen molar-refractivity contribution in [1.29, 1.82) is 0 Å². The van der Waals surface area contributed by atoms with Gasteiger partial charge in [-0.05, 0) is 24.5 Å². The topological polar surface area (TPSA) is 49.8 Å². The molecule has 112 valence electrons. The molecule has 9 heteroatoms. The van der Waals surface area contributed by atoms with E-state index in [2.05, 4.69) is 20.6 Å². The second kappa shape index (κ2) is 7.88. The molecule has 0 aliphatic carbocycles. The number of hydrogen-bond acceptors (Lipinski definition) is 5. The van der Waals surface area contributed by atoms with Crippen LogP contribution in [-0.2, 0) is 0 Å². The van der Waals surface area contributed by atoms with Crippen LogP contribution in [0.25, 0.3) is 10.6 Å². The van der Waals surface area contributed by atoms with Gasteiger partial charge in [0.05, 0.1) is 6.20 Å². The van der Waals surface area contributed by atoms with Crippen LogP contribution in [0.5, 0.6) is 0 Å². The minimum absolute atomic E-state index is 0.299. The Labute approximate surface area is 140 Å². The summed E-state index contributed by atoms with van der Waals surface area (Å²) in [7, 11) is 0. The Balaban J connectivity index is 2.07. The van der Waals surface area contributed by atoms with E-state index in [0.29, 0.717) is 25.8 Å². The van der Waals surface area contributed by atoms with Crippen molar-refractivity contribution in [1.82, 2.24) is 15.3 Å². The van der Waals surface area contributed by atoms with Crippen molar-refractivity contribution >= 4 is 57.0 Å². The molecule has 0 radical (unpaired) electrons. The first-order chi connectivity index (χ1) is 10.1. The molecule has 4 nitrogen and oxygen atoms in total. The molecule has 2 aromatic rings. The van der Waals surface area contributed by atoms with Crippen LogP contribution in [0.2, 0.25) is 5.15 Å². The van der Waals surface area contributed by atoms with Crippen molar-refractivity contribution in [3.63, 3.8) is 0 Å². The van der Waals surface area contributed by atoms with E-state index in [0.717, 1.165) is 18.5 Å². The van der Waals surface area contributed by atoms with Crippen LogP contribution in [0.3, 0.4) is 0 Å². The largest absolute Gasteiger partial charge is 0.362 e. The van der Waals surface area contributed by atoms with Gasteiger partial charge in [-0.2, -0.15) is 11.8 Å². The molecular weight excluding hydrogens is 351 g/mol. The van der Waals surface area contributed by atoms with Gasteiger partial charge < -0.3 is 10.6 Å². The molecule has 0 saturated carbocycles. The number of thiazole rings is 1. The zero-order chi connectivity index (χ0) is 15.2. The molecule has 2 heterocycles. The Morgan fingerprint density at radius 1 is 1.52 bits per heavy atom. The minimum atomic E-state index is -0.414. The lowest BCUT2D eigenvalue weighted by molar-refractivity contribution is 0.622. The minimum Gasteiger partial charge on any atom is -0.362 e. The van der Waals surface area contributed by atoms with Gasteiger partial charge in [-0.25, -0.2) is 9.37 Å². The Morgan fingerprint density at radius 2 is 2.33 bits per heavy atom. The first-order valence-corrected chi connectivity index (χ1v) is 8.91. The molecule has 21 heavy (non-hydrogen) atoms. The fourth-order valence-electron chi connectivity index (χ4n) is 1.44. The molecule has 0 bridgehead atoms. The number of thioether (sulfide) groups is 1. The summed E-state index contributed by atoms with van der Waals surface area (Å²) in [5.74, 6) is 0.543. The summed E-state index contributed by atoms with van der Waals surface area (Å²) in [6.45, 7) is 0.768. The van der Waals surface area contributed by atoms with Crippen molar-refractivity contribution in [3.05, 3.63) is 29.4 Å². The number of aromatic nitrogens is 2. The highest BCUT2D eigenvalue weighted by Gasteiger charge is 2.12. The van der Waals surface area contributed by atoms with Gasteiger partial charge in [-0.1, -0.05) is 22.9 Å². The number of rotatable bonds is 5. The maximum Gasteiger partial charge on any atom is 0.171 e. The third-order valence-electron chi connectivity index (χ3n) is 2.36. The van der Waals surface area contributed by atoms with E-state index in [1.54, 1.807) is 11.8 Å². The number of thiocarbonyl (C=S) groups is 1. The molecule has 0 aliphatic heterocycles. The molecule has 0 aliphatic rings. The van der Waals surface area contributed by atoms with E-state index in [1.165, 1.54) is 23.6 Å². The number of nitrogens with zero attached hydrogens (tertiary/aromatic N) is 2. The van der Waals surface area contributed by atoms with Crippen LogP contribution >= 0.6 is 46.9 Å². The lowest BCUT2D eigenvalue weighted by Crippen LogP contribution is -2.29. The van der Waals surface area contributed by atoms with Gasteiger partial charge in [0.2, 0.25) is 0 Å². The van der Waals surface area contributed by atoms with Gasteiger partial charge in [0.1, 0.15) is 15.8 Å². The zero-order valence-corrected chi connectivity index (χ0v) is 14.2. The molecule has 0 atom stereocenters. The van der Waals surface area contributed by atoms with Gasteiger partial charge in [0.25, 0.3) is 0 Å². The van der Waals surface area contributed by atoms with Crippen LogP contribution in [0.1, 0.15) is 0 Å². The highest BCUT2D eigenvalue weighted by molar-refractivity contribution is 7.98. The molecule has 0 aromatic carbocycles. The molecule has 0 fully saturated rings. The maximum atomic E-state index is 13.2. The standard InChI is InChI=1S/C12H12ClFN4S3/c1-20-3-2-16-12(19)18-11-9(13)17-10(21-11)7-4-8(14)6-15-5-7/h4-6H,2-3H2,1H3,(H2,16,18,19). The highest BCUT2D eigenvalue weighted by atomic mass is 35.5. The molecule has 0 spiro atoms. The average Bonchev–Trinajstić information content (AvgIpc) is 2.80. The Bertz CT molecular complexity index is 635. The summed E-state index contributed by atoms with van der Waals surface area (Å²) in [5.41, 5.74) is 0.580. The Morgan fingerprint density at radius 3 is 3.05 bits per heavy atom. The van der Waals surface area contributed by atoms with E-state index < -0.39 is 5.82 Å². The van der Waals surface area contributed by atoms with Crippen LogP contribution in [0.4, 0.5) is 9.39 Å². The fourth-order valence-corrected chi connectivity index (χ4v) is 3.16. The third-order valence-corrected chi connectivity index (χ3v) is 4.62. The van der Waals surface area contributed by atoms with Crippen LogP contribution in [-0.4, -0.2) is 33.6 Å². The second-order valence-electron chi connectivity index (χ2n) is 3.90. The summed E-state index contributed by atoms with van der Waals surface area (Å²) in [6, 6.07) is 1.36. The fraction of sp³-hybridized carbons (Fsp3) is 0.250. The molecular formula is C12H12ClFN4S3. The van der Waals surface area contributed by atoms with Crippen LogP contribution in [0, 0.1) is 5.82 Å². The summed E-state index contributed by atoms with van der Waals surface area (Å²) >= 11 is 14.3. The quantitative estimate of drug-likeness (QED) is 0.625. The number of nitrogens with one attached hydrogen (secondary N) is 2. The smallest absolute Gasteiger partial charge is 0.171 e. The van der Waals surface area contributed by atoms with Gasteiger partial charge in [0.15, 0.2) is 10.3 Å². The van der Waals surface area contributed by atoms with Gasteiger partial charge in [-0.3, -0.25) is 4.98 Å². The van der Waals surface area contributed by atoms with E-state index in [-0.39, 0.29) is 0 Å². The van der Waals surface area contributed by atoms with Crippen molar-refractivity contribution in [2.45, 2.75) is 0 Å². The molecule has 0 unspecified atom stereocenters. The molecule has 2 N–H and O–H groups in total. The molecule has 2 rings (SSSR count). The van der Waals surface area contributed by atoms with E-state index >= 15 is 0 Å². The first kappa shape index (κ1) is 16.4. The van der Waals surface area contributed by atoms with Gasteiger partial charge in [0, 0.05) is 24.1 Å². The maximum absolute atomic E-state index is 13.2. The van der Waals surface area contributed by atoms with Crippen molar-refractivity contribution in [2.75, 3.05) is 23.9 Å². The predicted octanol–water partition coefficient (Wildman–Crippen LogP) is 3.65. The zero-order valence-electron chi connectivity index (χ0n) is 11.0.